The Labute approximate surface area is 186 Å². The van der Waals surface area contributed by atoms with Crippen molar-refractivity contribution in [1.29, 1.82) is 0 Å². The van der Waals surface area contributed by atoms with Crippen LogP contribution in [0.25, 0.3) is 12.2 Å². The van der Waals surface area contributed by atoms with Crippen LogP contribution in [0.2, 0.25) is 0 Å². The molecular formula is C26H26N2O4. The van der Waals surface area contributed by atoms with Crippen molar-refractivity contribution < 1.29 is 19.8 Å². The zero-order valence-corrected chi connectivity index (χ0v) is 17.8. The second-order valence-electron chi connectivity index (χ2n) is 7.68. The van der Waals surface area contributed by atoms with Gasteiger partial charge in [-0.15, -0.1) is 0 Å². The molecule has 0 bridgehead atoms. The molecule has 6 nitrogen and oxygen atoms in total. The minimum atomic E-state index is -1.08. The Bertz CT molecular complexity index is 1170. The number of benzene rings is 3. The molecule has 1 saturated carbocycles. The number of hydrogen-bond acceptors (Lipinski definition) is 4. The number of rotatable bonds is 5. The minimum absolute atomic E-state index is 0.0711. The van der Waals surface area contributed by atoms with Crippen molar-refractivity contribution in [3.63, 3.8) is 0 Å². The van der Waals surface area contributed by atoms with E-state index in [0.29, 0.717) is 22.9 Å². The number of carbonyl (C=O) groups is 2. The van der Waals surface area contributed by atoms with Crippen LogP contribution in [0.5, 0.6) is 0 Å². The first kappa shape index (κ1) is 22.6. The molecule has 0 aliphatic heterocycles. The molecule has 0 unspecified atom stereocenters. The smallest absolute Gasteiger partial charge is 0.336 e. The van der Waals surface area contributed by atoms with Gasteiger partial charge in [-0.3, -0.25) is 0 Å². The molecule has 0 saturated heterocycles. The van der Waals surface area contributed by atoms with Crippen LogP contribution in [0, 0.1) is 6.92 Å². The fourth-order valence-electron chi connectivity index (χ4n) is 3.48. The quantitative estimate of drug-likeness (QED) is 0.322. The third kappa shape index (κ3) is 5.35. The first-order valence-electron chi connectivity index (χ1n) is 10.3. The predicted molar refractivity (Wildman–Crippen MR) is 128 cm³/mol. The molecule has 1 aliphatic carbocycles. The van der Waals surface area contributed by atoms with E-state index in [0.717, 1.165) is 29.5 Å². The highest BCUT2D eigenvalue weighted by Gasteiger charge is 2.30. The summed E-state index contributed by atoms with van der Waals surface area (Å²) < 4.78 is 0. The van der Waals surface area contributed by atoms with E-state index in [1.807, 2.05) is 54.6 Å². The van der Waals surface area contributed by atoms with Gasteiger partial charge < -0.3 is 21.7 Å². The highest BCUT2D eigenvalue weighted by Crippen LogP contribution is 2.42. The van der Waals surface area contributed by atoms with Gasteiger partial charge in [-0.25, -0.2) is 9.59 Å². The normalized spacial score (nSPS) is 12.8. The van der Waals surface area contributed by atoms with E-state index >= 15 is 0 Å². The number of aromatic carboxylic acids is 2. The molecule has 0 heterocycles. The molecule has 6 heteroatoms. The van der Waals surface area contributed by atoms with E-state index in [1.54, 1.807) is 19.1 Å². The van der Waals surface area contributed by atoms with Gasteiger partial charge in [-0.05, 0) is 60.1 Å². The summed E-state index contributed by atoms with van der Waals surface area (Å²) in [6.45, 7) is 1.55. The summed E-state index contributed by atoms with van der Waals surface area (Å²) in [5.74, 6) is -1.82. The molecule has 3 aromatic rings. The van der Waals surface area contributed by atoms with Gasteiger partial charge in [-0.1, -0.05) is 60.7 Å². The number of para-hydroxylation sites is 1. The van der Waals surface area contributed by atoms with Crippen LogP contribution in [0.15, 0.2) is 60.7 Å². The van der Waals surface area contributed by atoms with Gasteiger partial charge in [0.25, 0.3) is 0 Å². The third-order valence-electron chi connectivity index (χ3n) is 5.39. The summed E-state index contributed by atoms with van der Waals surface area (Å²) in [7, 11) is 0. The Morgan fingerprint density at radius 3 is 2.16 bits per heavy atom. The number of nitrogens with two attached hydrogens (primary N) is 2. The average molecular weight is 431 g/mol. The van der Waals surface area contributed by atoms with Crippen LogP contribution in [0.1, 0.15) is 61.7 Å². The fraction of sp³-hybridized carbons (Fsp3) is 0.154. The van der Waals surface area contributed by atoms with E-state index in [2.05, 4.69) is 0 Å². The molecule has 164 valence electrons. The van der Waals surface area contributed by atoms with E-state index < -0.39 is 11.9 Å². The third-order valence-corrected chi connectivity index (χ3v) is 5.39. The predicted octanol–water partition coefficient (Wildman–Crippen LogP) is 5.29. The molecule has 0 spiro atoms. The van der Waals surface area contributed by atoms with Gasteiger partial charge in [0, 0.05) is 0 Å². The molecule has 1 aliphatic rings. The number of carboxylic acid groups (broad SMARTS) is 2. The molecule has 0 aromatic heterocycles. The lowest BCUT2D eigenvalue weighted by atomic mass is 9.94. The molecular weight excluding hydrogens is 404 g/mol. The maximum absolute atomic E-state index is 11.2. The van der Waals surface area contributed by atoms with Crippen molar-refractivity contribution >= 4 is 35.5 Å². The van der Waals surface area contributed by atoms with Crippen molar-refractivity contribution in [2.45, 2.75) is 25.7 Å². The molecule has 3 aromatic carbocycles. The SMILES string of the molecule is Cc1c(C(=O)O)ccc(C2CC2)c1C(=O)O.Nc1cccc(C=Cc2ccccc2)c1N. The van der Waals surface area contributed by atoms with Crippen LogP contribution < -0.4 is 11.5 Å². The Balaban J connectivity index is 0.000000181. The number of anilines is 2. The van der Waals surface area contributed by atoms with Gasteiger partial charge in [-0.2, -0.15) is 0 Å². The molecule has 0 amide bonds. The second kappa shape index (κ2) is 9.83. The van der Waals surface area contributed by atoms with Crippen molar-refractivity contribution in [2.75, 3.05) is 11.5 Å². The minimum Gasteiger partial charge on any atom is -0.478 e. The van der Waals surface area contributed by atoms with Crippen molar-refractivity contribution in [2.24, 2.45) is 0 Å². The summed E-state index contributed by atoms with van der Waals surface area (Å²) in [5, 5.41) is 18.1. The Kier molecular flexibility index (Phi) is 6.95. The lowest BCUT2D eigenvalue weighted by molar-refractivity contribution is 0.0695. The second-order valence-corrected chi connectivity index (χ2v) is 7.68. The Morgan fingerprint density at radius 2 is 1.56 bits per heavy atom. The van der Waals surface area contributed by atoms with E-state index in [1.165, 1.54) is 6.07 Å². The first-order chi connectivity index (χ1) is 15.3. The molecule has 32 heavy (non-hydrogen) atoms. The Morgan fingerprint density at radius 1 is 0.875 bits per heavy atom. The standard InChI is InChI=1S/C14H14N2.C12H12O4/c15-13-8-4-7-12(14(13)16)10-9-11-5-2-1-3-6-11;1-6-8(11(13)14)4-5-9(7-2-3-7)10(6)12(15)16/h1-10H,15-16H2;4-5,7H,2-3H2,1H3,(H,13,14)(H,15,16). The molecule has 6 N–H and O–H groups in total. The highest BCUT2D eigenvalue weighted by atomic mass is 16.4. The molecule has 1 fully saturated rings. The van der Waals surface area contributed by atoms with Crippen LogP contribution in [0.3, 0.4) is 0 Å². The van der Waals surface area contributed by atoms with E-state index in [4.69, 9.17) is 21.7 Å². The molecule has 4 rings (SSSR count). The van der Waals surface area contributed by atoms with Crippen molar-refractivity contribution in [3.05, 3.63) is 94.0 Å². The average Bonchev–Trinajstić information content (AvgIpc) is 3.60. The summed E-state index contributed by atoms with van der Waals surface area (Å²) >= 11 is 0. The van der Waals surface area contributed by atoms with Crippen LogP contribution in [-0.2, 0) is 0 Å². The largest absolute Gasteiger partial charge is 0.478 e. The summed E-state index contributed by atoms with van der Waals surface area (Å²) in [5.41, 5.74) is 16.3. The van der Waals surface area contributed by atoms with Crippen molar-refractivity contribution in [1.82, 2.24) is 0 Å². The monoisotopic (exact) mass is 430 g/mol. The van der Waals surface area contributed by atoms with E-state index in [9.17, 15) is 9.59 Å². The zero-order valence-electron chi connectivity index (χ0n) is 17.8. The molecule has 0 radical (unpaired) electrons. The highest BCUT2D eigenvalue weighted by molar-refractivity contribution is 5.97. The lowest BCUT2D eigenvalue weighted by Gasteiger charge is -2.10. The maximum atomic E-state index is 11.2. The van der Waals surface area contributed by atoms with E-state index in [-0.39, 0.29) is 11.1 Å². The Hall–Kier alpha value is -4.06. The summed E-state index contributed by atoms with van der Waals surface area (Å²) in [6.07, 6.45) is 5.98. The fourth-order valence-corrected chi connectivity index (χ4v) is 3.48. The number of hydrogen-bond donors (Lipinski definition) is 4. The number of nitrogen functional groups attached to an aromatic ring is 2. The van der Waals surface area contributed by atoms with Crippen molar-refractivity contribution in [3.8, 4) is 0 Å². The van der Waals surface area contributed by atoms with Gasteiger partial charge in [0.05, 0.1) is 22.5 Å². The number of carboxylic acids is 2. The summed E-state index contributed by atoms with van der Waals surface area (Å²) in [6, 6.07) is 18.9. The lowest BCUT2D eigenvalue weighted by Crippen LogP contribution is -2.10. The van der Waals surface area contributed by atoms with Crippen LogP contribution >= 0.6 is 0 Å². The van der Waals surface area contributed by atoms with Gasteiger partial charge in [0.2, 0.25) is 0 Å². The van der Waals surface area contributed by atoms with Gasteiger partial charge >= 0.3 is 11.9 Å². The zero-order chi connectivity index (χ0) is 23.3. The van der Waals surface area contributed by atoms with Crippen LogP contribution in [-0.4, -0.2) is 22.2 Å². The maximum Gasteiger partial charge on any atom is 0.336 e. The summed E-state index contributed by atoms with van der Waals surface area (Å²) in [4.78, 5) is 22.1. The molecule has 0 atom stereocenters. The van der Waals surface area contributed by atoms with Gasteiger partial charge in [0.15, 0.2) is 0 Å². The topological polar surface area (TPSA) is 127 Å². The first-order valence-corrected chi connectivity index (χ1v) is 10.3. The van der Waals surface area contributed by atoms with Gasteiger partial charge in [0.1, 0.15) is 0 Å². The van der Waals surface area contributed by atoms with Crippen LogP contribution in [0.4, 0.5) is 11.4 Å².